The zero-order chi connectivity index (χ0) is 21.5. The van der Waals surface area contributed by atoms with Gasteiger partial charge >= 0.3 is 0 Å². The number of benzene rings is 2. The lowest BCUT2D eigenvalue weighted by molar-refractivity contribution is -0.124. The number of nitrogens with one attached hydrogen (secondary N) is 1. The minimum Gasteiger partial charge on any atom is -0.484 e. The van der Waals surface area contributed by atoms with E-state index < -0.39 is 5.91 Å². The van der Waals surface area contributed by atoms with Gasteiger partial charge in [-0.05, 0) is 55.8 Å². The van der Waals surface area contributed by atoms with Crippen LogP contribution in [0.1, 0.15) is 25.0 Å². The molecule has 0 radical (unpaired) electrons. The SMILES string of the molecule is CC(C)=CCOc1c(OCc2ccc(Cl)cc2)c(C=CC(=O)NO)cc2ccoc12. The van der Waals surface area contributed by atoms with Crippen molar-refractivity contribution in [2.24, 2.45) is 0 Å². The molecule has 0 spiro atoms. The molecular weight excluding hydrogens is 406 g/mol. The Hall–Kier alpha value is -3.22. The lowest BCUT2D eigenvalue weighted by atomic mass is 10.1. The first-order valence-electron chi connectivity index (χ1n) is 9.27. The highest BCUT2D eigenvalue weighted by Gasteiger charge is 2.18. The Labute approximate surface area is 179 Å². The van der Waals surface area contributed by atoms with E-state index in [0.717, 1.165) is 16.5 Å². The summed E-state index contributed by atoms with van der Waals surface area (Å²) in [6, 6.07) is 10.9. The van der Waals surface area contributed by atoms with E-state index in [1.165, 1.54) is 6.08 Å². The highest BCUT2D eigenvalue weighted by molar-refractivity contribution is 6.30. The first kappa shape index (κ1) is 21.5. The molecule has 156 valence electrons. The van der Waals surface area contributed by atoms with Gasteiger partial charge in [0.1, 0.15) is 13.2 Å². The first-order chi connectivity index (χ1) is 14.5. The summed E-state index contributed by atoms with van der Waals surface area (Å²) in [6.07, 6.45) is 6.26. The second-order valence-corrected chi connectivity index (χ2v) is 7.22. The average Bonchev–Trinajstić information content (AvgIpc) is 3.20. The highest BCUT2D eigenvalue weighted by atomic mass is 35.5. The van der Waals surface area contributed by atoms with Crippen LogP contribution in [-0.2, 0) is 11.4 Å². The van der Waals surface area contributed by atoms with Gasteiger partial charge in [0.15, 0.2) is 11.3 Å². The van der Waals surface area contributed by atoms with Crippen molar-refractivity contribution in [1.29, 1.82) is 0 Å². The van der Waals surface area contributed by atoms with E-state index in [4.69, 9.17) is 30.7 Å². The van der Waals surface area contributed by atoms with Crippen LogP contribution in [0, 0.1) is 0 Å². The smallest absolute Gasteiger partial charge is 0.267 e. The van der Waals surface area contributed by atoms with Crippen molar-refractivity contribution in [2.75, 3.05) is 6.61 Å². The molecule has 0 bridgehead atoms. The second-order valence-electron chi connectivity index (χ2n) is 6.78. The Bertz CT molecular complexity index is 1080. The molecule has 0 fully saturated rings. The minimum atomic E-state index is -0.655. The normalized spacial score (nSPS) is 10.9. The summed E-state index contributed by atoms with van der Waals surface area (Å²) < 4.78 is 17.7. The van der Waals surface area contributed by atoms with Crippen LogP contribution in [0.4, 0.5) is 0 Å². The van der Waals surface area contributed by atoms with Crippen molar-refractivity contribution < 1.29 is 23.9 Å². The Kier molecular flexibility index (Phi) is 7.17. The largest absolute Gasteiger partial charge is 0.484 e. The molecule has 6 nitrogen and oxygen atoms in total. The van der Waals surface area contributed by atoms with E-state index in [0.29, 0.717) is 34.3 Å². The molecule has 2 aromatic carbocycles. The fourth-order valence-electron chi connectivity index (χ4n) is 2.72. The topological polar surface area (TPSA) is 80.9 Å². The number of fused-ring (bicyclic) bond motifs is 1. The number of ether oxygens (including phenoxy) is 2. The van der Waals surface area contributed by atoms with Gasteiger partial charge in [-0.25, -0.2) is 5.48 Å². The molecule has 30 heavy (non-hydrogen) atoms. The standard InChI is InChI=1S/C23H22ClNO5/c1-15(2)9-11-29-23-21-18(10-12-28-21)13-17(5-8-20(26)25-27)22(23)30-14-16-3-6-19(24)7-4-16/h3-10,12-13,27H,11,14H2,1-2H3,(H,25,26). The molecule has 3 aromatic rings. The molecule has 0 aliphatic heterocycles. The summed E-state index contributed by atoms with van der Waals surface area (Å²) >= 11 is 5.95. The van der Waals surface area contributed by atoms with Crippen LogP contribution in [0.15, 0.2) is 64.8 Å². The lowest BCUT2D eigenvalue weighted by Gasteiger charge is -2.15. The molecule has 1 amide bonds. The number of furan rings is 1. The van der Waals surface area contributed by atoms with Gasteiger partial charge in [-0.15, -0.1) is 0 Å². The highest BCUT2D eigenvalue weighted by Crippen LogP contribution is 2.41. The van der Waals surface area contributed by atoms with Gasteiger partial charge in [0.2, 0.25) is 5.75 Å². The van der Waals surface area contributed by atoms with Crippen LogP contribution in [0.25, 0.3) is 17.0 Å². The molecule has 7 heteroatoms. The van der Waals surface area contributed by atoms with Crippen molar-refractivity contribution in [3.8, 4) is 11.5 Å². The number of hydrogen-bond donors (Lipinski definition) is 2. The number of carbonyl (C=O) groups is 1. The first-order valence-corrected chi connectivity index (χ1v) is 9.65. The van der Waals surface area contributed by atoms with Crippen LogP contribution in [0.2, 0.25) is 5.02 Å². The van der Waals surface area contributed by atoms with Gasteiger partial charge in [0, 0.05) is 22.0 Å². The number of hydroxylamine groups is 1. The fourth-order valence-corrected chi connectivity index (χ4v) is 2.84. The summed E-state index contributed by atoms with van der Waals surface area (Å²) in [7, 11) is 0. The van der Waals surface area contributed by atoms with Crippen molar-refractivity contribution in [2.45, 2.75) is 20.5 Å². The maximum absolute atomic E-state index is 11.5. The Balaban J connectivity index is 2.02. The van der Waals surface area contributed by atoms with Crippen LogP contribution in [0.3, 0.4) is 0 Å². The maximum atomic E-state index is 11.5. The summed E-state index contributed by atoms with van der Waals surface area (Å²) in [5.74, 6) is 0.211. The van der Waals surface area contributed by atoms with Crippen LogP contribution >= 0.6 is 11.6 Å². The third-order valence-corrected chi connectivity index (χ3v) is 4.47. The van der Waals surface area contributed by atoms with Crippen molar-refractivity contribution in [3.63, 3.8) is 0 Å². The number of amides is 1. The Morgan fingerprint density at radius 3 is 2.63 bits per heavy atom. The molecule has 0 unspecified atom stereocenters. The van der Waals surface area contributed by atoms with E-state index in [-0.39, 0.29) is 6.61 Å². The van der Waals surface area contributed by atoms with Gasteiger partial charge in [-0.2, -0.15) is 0 Å². The molecule has 1 aromatic heterocycles. The van der Waals surface area contributed by atoms with E-state index in [2.05, 4.69) is 0 Å². The van der Waals surface area contributed by atoms with Gasteiger partial charge in [0.05, 0.1) is 6.26 Å². The zero-order valence-electron chi connectivity index (χ0n) is 16.6. The van der Waals surface area contributed by atoms with Crippen molar-refractivity contribution in [3.05, 3.63) is 76.5 Å². The van der Waals surface area contributed by atoms with Gasteiger partial charge in [-0.3, -0.25) is 10.0 Å². The Morgan fingerprint density at radius 1 is 1.17 bits per heavy atom. The molecule has 0 aliphatic carbocycles. The van der Waals surface area contributed by atoms with Crippen LogP contribution in [0.5, 0.6) is 11.5 Å². The Morgan fingerprint density at radius 2 is 1.93 bits per heavy atom. The molecule has 3 rings (SSSR count). The molecule has 0 atom stereocenters. The predicted octanol–water partition coefficient (Wildman–Crippen LogP) is 5.53. The number of halogens is 1. The van der Waals surface area contributed by atoms with Crippen LogP contribution < -0.4 is 15.0 Å². The number of carbonyl (C=O) groups excluding carboxylic acids is 1. The fraction of sp³-hybridized carbons (Fsp3) is 0.174. The average molecular weight is 428 g/mol. The number of hydrogen-bond acceptors (Lipinski definition) is 5. The second kappa shape index (κ2) is 10.0. The maximum Gasteiger partial charge on any atom is 0.267 e. The molecule has 0 saturated heterocycles. The molecule has 1 heterocycles. The van der Waals surface area contributed by atoms with Gasteiger partial charge in [-0.1, -0.05) is 29.3 Å². The van der Waals surface area contributed by atoms with Gasteiger partial charge < -0.3 is 13.9 Å². The molecular formula is C23H22ClNO5. The third-order valence-electron chi connectivity index (χ3n) is 4.22. The molecule has 2 N–H and O–H groups in total. The predicted molar refractivity (Wildman–Crippen MR) is 116 cm³/mol. The van der Waals surface area contributed by atoms with E-state index >= 15 is 0 Å². The van der Waals surface area contributed by atoms with E-state index in [1.54, 1.807) is 36.0 Å². The summed E-state index contributed by atoms with van der Waals surface area (Å²) in [4.78, 5) is 11.5. The van der Waals surface area contributed by atoms with E-state index in [1.807, 2.05) is 38.1 Å². The summed E-state index contributed by atoms with van der Waals surface area (Å²) in [5, 5.41) is 10.2. The summed E-state index contributed by atoms with van der Waals surface area (Å²) in [6.45, 7) is 4.56. The molecule has 0 saturated carbocycles. The van der Waals surface area contributed by atoms with Crippen molar-refractivity contribution in [1.82, 2.24) is 5.48 Å². The lowest BCUT2D eigenvalue weighted by Crippen LogP contribution is -2.14. The zero-order valence-corrected chi connectivity index (χ0v) is 17.4. The minimum absolute atomic E-state index is 0.259. The monoisotopic (exact) mass is 427 g/mol. The number of allylic oxidation sites excluding steroid dienone is 1. The number of rotatable bonds is 8. The van der Waals surface area contributed by atoms with Crippen LogP contribution in [-0.4, -0.2) is 17.7 Å². The van der Waals surface area contributed by atoms with Crippen molar-refractivity contribution >= 4 is 34.6 Å². The van der Waals surface area contributed by atoms with Gasteiger partial charge in [0.25, 0.3) is 5.91 Å². The summed E-state index contributed by atoms with van der Waals surface area (Å²) in [5.41, 5.74) is 4.76. The quantitative estimate of drug-likeness (QED) is 0.214. The van der Waals surface area contributed by atoms with E-state index in [9.17, 15) is 4.79 Å². The molecule has 0 aliphatic rings. The third kappa shape index (κ3) is 5.43.